The monoisotopic (exact) mass is 447 g/mol. The minimum absolute atomic E-state index is 0.00543. The Kier molecular flexibility index (Phi) is 6.86. The molecule has 1 N–H and O–H groups in total. The lowest BCUT2D eigenvalue weighted by Gasteiger charge is -2.23. The lowest BCUT2D eigenvalue weighted by atomic mass is 10.1. The molecule has 4 aromatic rings. The van der Waals surface area contributed by atoms with Crippen LogP contribution in [0.3, 0.4) is 0 Å². The standard InChI is InChI=1S/C24H21N3O2S2/c28-22(14-20-17-31-24(25-20)26-23(29)21-12-7-13-30-21)27(15-18-8-3-1-4-9-18)16-19-10-5-2-6-11-19/h1-13,17H,14-16H2,(H,25,26,29). The van der Waals surface area contributed by atoms with Crippen molar-refractivity contribution in [3.8, 4) is 0 Å². The van der Waals surface area contributed by atoms with E-state index in [-0.39, 0.29) is 18.2 Å². The molecule has 7 heteroatoms. The van der Waals surface area contributed by atoms with Gasteiger partial charge in [0, 0.05) is 18.5 Å². The van der Waals surface area contributed by atoms with Gasteiger partial charge in [0.2, 0.25) is 5.91 Å². The molecule has 31 heavy (non-hydrogen) atoms. The lowest BCUT2D eigenvalue weighted by Crippen LogP contribution is -2.31. The molecule has 2 aromatic heterocycles. The molecular weight excluding hydrogens is 426 g/mol. The molecule has 0 atom stereocenters. The number of anilines is 1. The van der Waals surface area contributed by atoms with Crippen molar-refractivity contribution in [1.29, 1.82) is 0 Å². The molecule has 2 heterocycles. The predicted octanol–water partition coefficient (Wildman–Crippen LogP) is 5.23. The number of aromatic nitrogens is 1. The maximum Gasteiger partial charge on any atom is 0.267 e. The number of nitrogens with one attached hydrogen (secondary N) is 1. The van der Waals surface area contributed by atoms with Gasteiger partial charge in [-0.1, -0.05) is 66.7 Å². The van der Waals surface area contributed by atoms with Gasteiger partial charge in [0.1, 0.15) is 0 Å². The Bertz CT molecular complexity index is 1080. The largest absolute Gasteiger partial charge is 0.334 e. The molecule has 0 fully saturated rings. The molecule has 0 unspecified atom stereocenters. The Morgan fingerprint density at radius 1 is 0.839 bits per heavy atom. The van der Waals surface area contributed by atoms with Gasteiger partial charge >= 0.3 is 0 Å². The molecule has 0 spiro atoms. The quantitative estimate of drug-likeness (QED) is 0.402. The fraction of sp³-hybridized carbons (Fsp3) is 0.125. The third-order valence-corrected chi connectivity index (χ3v) is 6.31. The number of benzene rings is 2. The number of thiophene rings is 1. The van der Waals surface area contributed by atoms with E-state index in [1.807, 2.05) is 82.4 Å². The Balaban J connectivity index is 1.44. The highest BCUT2D eigenvalue weighted by molar-refractivity contribution is 7.14. The van der Waals surface area contributed by atoms with E-state index in [1.165, 1.54) is 22.7 Å². The van der Waals surface area contributed by atoms with Crippen LogP contribution < -0.4 is 5.32 Å². The van der Waals surface area contributed by atoms with Crippen LogP contribution in [0.5, 0.6) is 0 Å². The summed E-state index contributed by atoms with van der Waals surface area (Å²) in [5, 5.41) is 6.98. The van der Waals surface area contributed by atoms with Crippen LogP contribution in [0, 0.1) is 0 Å². The summed E-state index contributed by atoms with van der Waals surface area (Å²) in [6.45, 7) is 1.06. The highest BCUT2D eigenvalue weighted by Gasteiger charge is 2.18. The summed E-state index contributed by atoms with van der Waals surface area (Å²) in [6, 6.07) is 23.5. The van der Waals surface area contributed by atoms with Crippen LogP contribution in [-0.4, -0.2) is 21.7 Å². The number of hydrogen-bond acceptors (Lipinski definition) is 5. The topological polar surface area (TPSA) is 62.3 Å². The van der Waals surface area contributed by atoms with Gasteiger partial charge in [-0.3, -0.25) is 14.9 Å². The predicted molar refractivity (Wildman–Crippen MR) is 125 cm³/mol. The first-order valence-electron chi connectivity index (χ1n) is 9.82. The number of rotatable bonds is 8. The van der Waals surface area contributed by atoms with E-state index < -0.39 is 0 Å². The zero-order valence-electron chi connectivity index (χ0n) is 16.7. The number of amides is 2. The first-order chi connectivity index (χ1) is 15.2. The number of nitrogens with zero attached hydrogens (tertiary/aromatic N) is 2. The molecule has 0 bridgehead atoms. The van der Waals surface area contributed by atoms with Gasteiger partial charge in [0.05, 0.1) is 17.0 Å². The van der Waals surface area contributed by atoms with Gasteiger partial charge < -0.3 is 4.90 Å². The van der Waals surface area contributed by atoms with Crippen LogP contribution in [0.4, 0.5) is 5.13 Å². The smallest absolute Gasteiger partial charge is 0.267 e. The van der Waals surface area contributed by atoms with E-state index in [9.17, 15) is 9.59 Å². The molecule has 0 saturated carbocycles. The van der Waals surface area contributed by atoms with Crippen LogP contribution in [-0.2, 0) is 24.3 Å². The maximum absolute atomic E-state index is 13.1. The summed E-state index contributed by atoms with van der Waals surface area (Å²) in [7, 11) is 0. The van der Waals surface area contributed by atoms with Crippen LogP contribution >= 0.6 is 22.7 Å². The van der Waals surface area contributed by atoms with Crippen molar-refractivity contribution in [2.75, 3.05) is 5.32 Å². The summed E-state index contributed by atoms with van der Waals surface area (Å²) >= 11 is 2.71. The molecule has 0 aliphatic carbocycles. The number of hydrogen-bond donors (Lipinski definition) is 1. The van der Waals surface area contributed by atoms with Gasteiger partial charge in [-0.25, -0.2) is 4.98 Å². The van der Waals surface area contributed by atoms with E-state index in [2.05, 4.69) is 10.3 Å². The van der Waals surface area contributed by atoms with Gasteiger partial charge in [-0.2, -0.15) is 0 Å². The molecule has 0 aliphatic rings. The highest BCUT2D eigenvalue weighted by Crippen LogP contribution is 2.20. The Morgan fingerprint density at radius 3 is 2.06 bits per heavy atom. The molecule has 2 aromatic carbocycles. The van der Waals surface area contributed by atoms with Crippen LogP contribution in [0.2, 0.25) is 0 Å². The molecule has 5 nitrogen and oxygen atoms in total. The van der Waals surface area contributed by atoms with Gasteiger partial charge in [-0.15, -0.1) is 22.7 Å². The van der Waals surface area contributed by atoms with Crippen molar-refractivity contribution < 1.29 is 9.59 Å². The SMILES string of the molecule is O=C(Nc1nc(CC(=O)N(Cc2ccccc2)Cc2ccccc2)cs1)c1cccs1. The summed E-state index contributed by atoms with van der Waals surface area (Å²) in [5.74, 6) is -0.189. The number of carbonyl (C=O) groups excluding carboxylic acids is 2. The van der Waals surface area contributed by atoms with E-state index in [4.69, 9.17) is 0 Å². The normalized spacial score (nSPS) is 10.6. The summed E-state index contributed by atoms with van der Waals surface area (Å²) in [6.07, 6.45) is 0.186. The van der Waals surface area contributed by atoms with Gasteiger partial charge in [-0.05, 0) is 22.6 Å². The Hall–Kier alpha value is -3.29. The highest BCUT2D eigenvalue weighted by atomic mass is 32.1. The van der Waals surface area contributed by atoms with Crippen molar-refractivity contribution in [1.82, 2.24) is 9.88 Å². The number of carbonyl (C=O) groups is 2. The molecule has 0 aliphatic heterocycles. The van der Waals surface area contributed by atoms with E-state index in [0.29, 0.717) is 28.8 Å². The minimum atomic E-state index is -0.183. The summed E-state index contributed by atoms with van der Waals surface area (Å²) in [5.41, 5.74) is 2.81. The lowest BCUT2D eigenvalue weighted by molar-refractivity contribution is -0.131. The second kappa shape index (κ2) is 10.1. The van der Waals surface area contributed by atoms with Crippen molar-refractivity contribution in [3.63, 3.8) is 0 Å². The zero-order valence-corrected chi connectivity index (χ0v) is 18.4. The average Bonchev–Trinajstić information content (AvgIpc) is 3.47. The van der Waals surface area contributed by atoms with Crippen LogP contribution in [0.25, 0.3) is 0 Å². The Morgan fingerprint density at radius 2 is 1.48 bits per heavy atom. The van der Waals surface area contributed by atoms with Crippen molar-refractivity contribution in [2.24, 2.45) is 0 Å². The number of thiazole rings is 1. The van der Waals surface area contributed by atoms with Gasteiger partial charge in [0.15, 0.2) is 5.13 Å². The molecular formula is C24H21N3O2S2. The van der Waals surface area contributed by atoms with Crippen molar-refractivity contribution in [2.45, 2.75) is 19.5 Å². The summed E-state index contributed by atoms with van der Waals surface area (Å²) < 4.78 is 0. The second-order valence-electron chi connectivity index (χ2n) is 6.97. The second-order valence-corrected chi connectivity index (χ2v) is 8.78. The van der Waals surface area contributed by atoms with Crippen LogP contribution in [0.15, 0.2) is 83.6 Å². The molecule has 0 radical (unpaired) electrons. The van der Waals surface area contributed by atoms with Crippen molar-refractivity contribution in [3.05, 3.63) is 105 Å². The third-order valence-electron chi connectivity index (χ3n) is 4.63. The first-order valence-corrected chi connectivity index (χ1v) is 11.6. The van der Waals surface area contributed by atoms with Crippen molar-refractivity contribution >= 4 is 39.6 Å². The molecule has 0 saturated heterocycles. The third kappa shape index (κ3) is 5.87. The van der Waals surface area contributed by atoms with E-state index in [1.54, 1.807) is 6.07 Å². The van der Waals surface area contributed by atoms with E-state index >= 15 is 0 Å². The van der Waals surface area contributed by atoms with Crippen LogP contribution in [0.1, 0.15) is 26.5 Å². The zero-order chi connectivity index (χ0) is 21.5. The summed E-state index contributed by atoms with van der Waals surface area (Å²) in [4.78, 5) is 32.3. The molecule has 2 amide bonds. The minimum Gasteiger partial charge on any atom is -0.334 e. The fourth-order valence-corrected chi connectivity index (χ4v) is 4.44. The molecule has 4 rings (SSSR count). The molecule has 156 valence electrons. The first kappa shape index (κ1) is 21.0. The van der Waals surface area contributed by atoms with E-state index in [0.717, 1.165) is 11.1 Å². The fourth-order valence-electron chi connectivity index (χ4n) is 3.12. The van der Waals surface area contributed by atoms with Gasteiger partial charge in [0.25, 0.3) is 5.91 Å². The average molecular weight is 448 g/mol. The maximum atomic E-state index is 13.1. The Labute approximate surface area is 189 Å².